The predicted octanol–water partition coefficient (Wildman–Crippen LogP) is 2.09. The molecule has 8 nitrogen and oxygen atoms in total. The van der Waals surface area contributed by atoms with Crippen LogP contribution in [0.25, 0.3) is 0 Å². The van der Waals surface area contributed by atoms with Gasteiger partial charge in [0.25, 0.3) is 0 Å². The van der Waals surface area contributed by atoms with Crippen LogP contribution in [0, 0.1) is 0 Å². The fourth-order valence-electron chi connectivity index (χ4n) is 2.45. The van der Waals surface area contributed by atoms with Crippen molar-refractivity contribution in [1.82, 2.24) is 4.31 Å². The van der Waals surface area contributed by atoms with Crippen molar-refractivity contribution in [2.45, 2.75) is 18.2 Å². The molecule has 0 fully saturated rings. The van der Waals surface area contributed by atoms with Crippen LogP contribution in [0.2, 0.25) is 0 Å². The van der Waals surface area contributed by atoms with Gasteiger partial charge in [-0.05, 0) is 35.9 Å². The van der Waals surface area contributed by atoms with Crippen LogP contribution in [0.3, 0.4) is 0 Å². The summed E-state index contributed by atoms with van der Waals surface area (Å²) in [7, 11) is 0.661. The van der Waals surface area contributed by atoms with Gasteiger partial charge in [0, 0.05) is 26.7 Å². The van der Waals surface area contributed by atoms with Gasteiger partial charge in [-0.3, -0.25) is 9.59 Å². The Kier molecular flexibility index (Phi) is 6.76. The van der Waals surface area contributed by atoms with Gasteiger partial charge in [-0.25, -0.2) is 12.7 Å². The predicted molar refractivity (Wildman–Crippen MR) is 107 cm³/mol. The fourth-order valence-corrected chi connectivity index (χ4v) is 3.37. The summed E-state index contributed by atoms with van der Waals surface area (Å²) in [4.78, 5) is 23.5. The molecule has 0 radical (unpaired) electrons. The van der Waals surface area contributed by atoms with Crippen molar-refractivity contribution in [3.8, 4) is 5.75 Å². The third-order valence-corrected chi connectivity index (χ3v) is 5.67. The van der Waals surface area contributed by atoms with Gasteiger partial charge in [0.05, 0.1) is 24.1 Å². The van der Waals surface area contributed by atoms with E-state index in [-0.39, 0.29) is 28.8 Å². The zero-order valence-electron chi connectivity index (χ0n) is 16.1. The molecule has 0 heterocycles. The molecule has 150 valence electrons. The van der Waals surface area contributed by atoms with Crippen LogP contribution in [0.4, 0.5) is 11.4 Å². The van der Waals surface area contributed by atoms with Crippen LogP contribution >= 0.6 is 0 Å². The first kappa shape index (κ1) is 21.4. The van der Waals surface area contributed by atoms with Crippen molar-refractivity contribution in [2.24, 2.45) is 0 Å². The van der Waals surface area contributed by atoms with Crippen molar-refractivity contribution < 1.29 is 22.7 Å². The zero-order chi connectivity index (χ0) is 20.9. The van der Waals surface area contributed by atoms with Gasteiger partial charge >= 0.3 is 0 Å². The minimum Gasteiger partial charge on any atom is -0.495 e. The van der Waals surface area contributed by atoms with Crippen molar-refractivity contribution in [2.75, 3.05) is 31.8 Å². The van der Waals surface area contributed by atoms with Crippen LogP contribution < -0.4 is 15.4 Å². The maximum absolute atomic E-state index is 12.4. The summed E-state index contributed by atoms with van der Waals surface area (Å²) in [6, 6.07) is 11.2. The van der Waals surface area contributed by atoms with Gasteiger partial charge in [-0.1, -0.05) is 12.1 Å². The van der Waals surface area contributed by atoms with E-state index in [0.29, 0.717) is 11.4 Å². The van der Waals surface area contributed by atoms with E-state index in [1.807, 2.05) is 0 Å². The van der Waals surface area contributed by atoms with E-state index in [4.69, 9.17) is 4.74 Å². The number of rotatable bonds is 7. The molecule has 0 saturated carbocycles. The van der Waals surface area contributed by atoms with Gasteiger partial charge in [0.15, 0.2) is 0 Å². The van der Waals surface area contributed by atoms with E-state index in [9.17, 15) is 18.0 Å². The van der Waals surface area contributed by atoms with E-state index < -0.39 is 10.0 Å². The molecule has 0 aliphatic heterocycles. The van der Waals surface area contributed by atoms with E-state index in [0.717, 1.165) is 9.87 Å². The van der Waals surface area contributed by atoms with Gasteiger partial charge in [-0.2, -0.15) is 0 Å². The summed E-state index contributed by atoms with van der Waals surface area (Å²) in [5, 5.41) is 5.34. The number of hydrogen-bond acceptors (Lipinski definition) is 5. The lowest BCUT2D eigenvalue weighted by molar-refractivity contribution is -0.116. The molecule has 2 aromatic rings. The molecule has 9 heteroatoms. The molecule has 2 N–H and O–H groups in total. The molecule has 28 heavy (non-hydrogen) atoms. The smallest absolute Gasteiger partial charge is 0.242 e. The number of sulfonamides is 1. The van der Waals surface area contributed by atoms with E-state index in [1.54, 1.807) is 24.3 Å². The normalized spacial score (nSPS) is 11.2. The summed E-state index contributed by atoms with van der Waals surface area (Å²) in [6.07, 6.45) is 0.0775. The number of amides is 2. The number of hydrogen-bond donors (Lipinski definition) is 2. The number of nitrogens with one attached hydrogen (secondary N) is 2. The van der Waals surface area contributed by atoms with Crippen molar-refractivity contribution in [3.63, 3.8) is 0 Å². The first-order valence-corrected chi connectivity index (χ1v) is 9.84. The summed E-state index contributed by atoms with van der Waals surface area (Å²) >= 11 is 0. The highest BCUT2D eigenvalue weighted by Gasteiger charge is 2.20. The molecule has 2 aromatic carbocycles. The number of ether oxygens (including phenoxy) is 1. The monoisotopic (exact) mass is 405 g/mol. The van der Waals surface area contributed by atoms with Crippen molar-refractivity contribution in [1.29, 1.82) is 0 Å². The molecule has 0 bridgehead atoms. The Labute approximate surface area is 164 Å². The lowest BCUT2D eigenvalue weighted by Gasteiger charge is -2.15. The average Bonchev–Trinajstić information content (AvgIpc) is 2.62. The number of anilines is 2. The molecule has 2 amide bonds. The second kappa shape index (κ2) is 8.85. The molecular weight excluding hydrogens is 382 g/mol. The Morgan fingerprint density at radius 2 is 1.68 bits per heavy atom. The highest BCUT2D eigenvalue weighted by atomic mass is 32.2. The third kappa shape index (κ3) is 5.30. The molecule has 0 atom stereocenters. The number of carbonyl (C=O) groups is 2. The van der Waals surface area contributed by atoms with Crippen LogP contribution in [0.1, 0.15) is 12.5 Å². The first-order valence-electron chi connectivity index (χ1n) is 8.40. The van der Waals surface area contributed by atoms with Crippen LogP contribution in [-0.4, -0.2) is 45.7 Å². The van der Waals surface area contributed by atoms with Gasteiger partial charge < -0.3 is 15.4 Å². The Morgan fingerprint density at radius 1 is 1.04 bits per heavy atom. The van der Waals surface area contributed by atoms with Crippen molar-refractivity contribution >= 4 is 33.2 Å². The van der Waals surface area contributed by atoms with E-state index in [2.05, 4.69) is 10.6 Å². The second-order valence-electron chi connectivity index (χ2n) is 6.25. The number of carbonyl (C=O) groups excluding carboxylic acids is 2. The summed E-state index contributed by atoms with van der Waals surface area (Å²) < 4.78 is 30.9. The number of nitrogens with zero attached hydrogens (tertiary/aromatic N) is 1. The molecule has 0 aliphatic rings. The summed E-state index contributed by atoms with van der Waals surface area (Å²) in [5.41, 5.74) is 1.65. The Bertz CT molecular complexity index is 970. The summed E-state index contributed by atoms with van der Waals surface area (Å²) in [6.45, 7) is 1.42. The van der Waals surface area contributed by atoms with Crippen LogP contribution in [0.5, 0.6) is 5.75 Å². The molecule has 2 rings (SSSR count). The third-order valence-electron chi connectivity index (χ3n) is 3.86. The second-order valence-corrected chi connectivity index (χ2v) is 8.40. The first-order chi connectivity index (χ1) is 13.1. The maximum Gasteiger partial charge on any atom is 0.242 e. The Hall–Kier alpha value is -2.91. The Balaban J connectivity index is 2.17. The molecule has 0 aliphatic carbocycles. The highest BCUT2D eigenvalue weighted by molar-refractivity contribution is 7.89. The summed E-state index contributed by atoms with van der Waals surface area (Å²) in [5.74, 6) is -0.151. The minimum absolute atomic E-state index is 0.0493. The highest BCUT2D eigenvalue weighted by Crippen LogP contribution is 2.28. The standard InChI is InChI=1S/C19H23N3O5S/c1-13(23)20-15-7-5-14(6-8-15)11-19(24)21-17-12-16(9-10-18(17)27-4)28(25,26)22(2)3/h5-10,12H,11H2,1-4H3,(H,20,23)(H,21,24). The van der Waals surface area contributed by atoms with Crippen LogP contribution in [-0.2, 0) is 26.0 Å². The quantitative estimate of drug-likeness (QED) is 0.734. The molecule has 0 saturated heterocycles. The van der Waals surface area contributed by atoms with Gasteiger partial charge in [-0.15, -0.1) is 0 Å². The lowest BCUT2D eigenvalue weighted by Crippen LogP contribution is -2.22. The molecular formula is C19H23N3O5S. The topological polar surface area (TPSA) is 105 Å². The number of methoxy groups -OCH3 is 1. The fraction of sp³-hybridized carbons (Fsp3) is 0.263. The molecule has 0 unspecified atom stereocenters. The molecule has 0 spiro atoms. The maximum atomic E-state index is 12.4. The van der Waals surface area contributed by atoms with Crippen LogP contribution in [0.15, 0.2) is 47.4 Å². The Morgan fingerprint density at radius 3 is 2.21 bits per heavy atom. The van der Waals surface area contributed by atoms with E-state index >= 15 is 0 Å². The van der Waals surface area contributed by atoms with Gasteiger partial charge in [0.1, 0.15) is 5.75 Å². The van der Waals surface area contributed by atoms with E-state index in [1.165, 1.54) is 46.3 Å². The zero-order valence-corrected chi connectivity index (χ0v) is 17.0. The van der Waals surface area contributed by atoms with Crippen molar-refractivity contribution in [3.05, 3.63) is 48.0 Å². The lowest BCUT2D eigenvalue weighted by atomic mass is 10.1. The molecule has 0 aromatic heterocycles. The minimum atomic E-state index is -3.64. The number of benzene rings is 2. The average molecular weight is 405 g/mol. The van der Waals surface area contributed by atoms with Gasteiger partial charge in [0.2, 0.25) is 21.8 Å². The largest absolute Gasteiger partial charge is 0.495 e. The SMILES string of the molecule is COc1ccc(S(=O)(=O)N(C)C)cc1NC(=O)Cc1ccc(NC(C)=O)cc1.